The lowest BCUT2D eigenvalue weighted by atomic mass is 9.94. The Morgan fingerprint density at radius 1 is 1.29 bits per heavy atom. The number of hydrogen-bond acceptors (Lipinski definition) is 1. The molecule has 1 heterocycles. The highest BCUT2D eigenvalue weighted by molar-refractivity contribution is 5.78. The topological polar surface area (TPSA) is 41.6 Å². The van der Waals surface area contributed by atoms with E-state index in [-0.39, 0.29) is 0 Å². The molecule has 0 radical (unpaired) electrons. The number of aliphatic imine (C=N–C) groups is 1. The first-order valence-electron chi connectivity index (χ1n) is 5.76. The van der Waals surface area contributed by atoms with Crippen LogP contribution in [0.2, 0.25) is 0 Å². The van der Waals surface area contributed by atoms with Gasteiger partial charge in [0.15, 0.2) is 5.96 Å². The van der Waals surface area contributed by atoms with E-state index < -0.39 is 0 Å². The minimum absolute atomic E-state index is 0.543. The lowest BCUT2D eigenvalue weighted by molar-refractivity contribution is 0.207. The molecule has 1 aliphatic heterocycles. The summed E-state index contributed by atoms with van der Waals surface area (Å²) in [4.78, 5) is 6.78. The fourth-order valence-electron chi connectivity index (χ4n) is 2.21. The van der Waals surface area contributed by atoms with Gasteiger partial charge in [-0.15, -0.1) is 0 Å². The van der Waals surface area contributed by atoms with Crippen LogP contribution in [0.15, 0.2) is 4.99 Å². The standard InChI is InChI=1S/C11H21N3/c1-8-5-6-14(9(2)7-8)11(12)13-10-3-4-10/h8-10H,3-7H2,1-2H3,(H2,12,13). The maximum absolute atomic E-state index is 6.00. The highest BCUT2D eigenvalue weighted by atomic mass is 15.3. The summed E-state index contributed by atoms with van der Waals surface area (Å²) >= 11 is 0. The minimum Gasteiger partial charge on any atom is -0.370 e. The Bertz CT molecular complexity index is 233. The number of nitrogens with two attached hydrogens (primary N) is 1. The molecular formula is C11H21N3. The summed E-state index contributed by atoms with van der Waals surface area (Å²) in [5, 5.41) is 0. The normalized spacial score (nSPS) is 34.7. The summed E-state index contributed by atoms with van der Waals surface area (Å²) < 4.78 is 0. The maximum atomic E-state index is 6.00. The smallest absolute Gasteiger partial charge is 0.191 e. The maximum Gasteiger partial charge on any atom is 0.191 e. The zero-order chi connectivity index (χ0) is 10.1. The van der Waals surface area contributed by atoms with E-state index in [9.17, 15) is 0 Å². The van der Waals surface area contributed by atoms with Crippen LogP contribution in [0.1, 0.15) is 39.5 Å². The number of nitrogens with zero attached hydrogens (tertiary/aromatic N) is 2. The van der Waals surface area contributed by atoms with Gasteiger partial charge in [0.1, 0.15) is 0 Å². The molecule has 0 bridgehead atoms. The molecule has 0 aromatic carbocycles. The van der Waals surface area contributed by atoms with Crippen molar-refractivity contribution in [3.05, 3.63) is 0 Å². The van der Waals surface area contributed by atoms with E-state index in [1.807, 2.05) is 0 Å². The Hall–Kier alpha value is -0.730. The molecule has 14 heavy (non-hydrogen) atoms. The quantitative estimate of drug-likeness (QED) is 0.510. The number of guanidine groups is 1. The molecule has 0 spiro atoms. The van der Waals surface area contributed by atoms with Crippen LogP contribution in [0.3, 0.4) is 0 Å². The summed E-state index contributed by atoms with van der Waals surface area (Å²) in [5.41, 5.74) is 6.00. The van der Waals surface area contributed by atoms with E-state index in [4.69, 9.17) is 5.73 Å². The first-order valence-corrected chi connectivity index (χ1v) is 5.76. The molecule has 2 rings (SSSR count). The number of likely N-dealkylation sites (tertiary alicyclic amines) is 1. The predicted octanol–water partition coefficient (Wildman–Crippen LogP) is 1.58. The van der Waals surface area contributed by atoms with Crippen LogP contribution >= 0.6 is 0 Å². The molecule has 1 aliphatic carbocycles. The van der Waals surface area contributed by atoms with Gasteiger partial charge in [-0.25, -0.2) is 4.99 Å². The van der Waals surface area contributed by atoms with Crippen molar-refractivity contribution in [3.63, 3.8) is 0 Å². The van der Waals surface area contributed by atoms with Crippen molar-refractivity contribution in [2.24, 2.45) is 16.6 Å². The van der Waals surface area contributed by atoms with Crippen LogP contribution in [-0.2, 0) is 0 Å². The van der Waals surface area contributed by atoms with Crippen LogP contribution in [0.25, 0.3) is 0 Å². The van der Waals surface area contributed by atoms with Crippen molar-refractivity contribution in [2.45, 2.75) is 51.6 Å². The van der Waals surface area contributed by atoms with Gasteiger partial charge >= 0.3 is 0 Å². The van der Waals surface area contributed by atoms with Gasteiger partial charge < -0.3 is 10.6 Å². The van der Waals surface area contributed by atoms with Gasteiger partial charge in [0.25, 0.3) is 0 Å². The Labute approximate surface area is 86.4 Å². The third kappa shape index (κ3) is 2.20. The molecule has 0 aromatic rings. The van der Waals surface area contributed by atoms with Crippen LogP contribution < -0.4 is 5.73 Å². The molecule has 1 saturated carbocycles. The molecule has 0 aromatic heterocycles. The van der Waals surface area contributed by atoms with Crippen LogP contribution in [-0.4, -0.2) is 29.5 Å². The van der Waals surface area contributed by atoms with E-state index in [0.29, 0.717) is 12.1 Å². The van der Waals surface area contributed by atoms with E-state index >= 15 is 0 Å². The third-order valence-electron chi connectivity index (χ3n) is 3.29. The SMILES string of the molecule is CC1CCN(C(N)=NC2CC2)C(C)C1. The van der Waals surface area contributed by atoms with Crippen LogP contribution in [0.5, 0.6) is 0 Å². The molecule has 2 unspecified atom stereocenters. The van der Waals surface area contributed by atoms with Crippen molar-refractivity contribution in [1.29, 1.82) is 0 Å². The van der Waals surface area contributed by atoms with E-state index in [0.717, 1.165) is 18.4 Å². The van der Waals surface area contributed by atoms with Crippen molar-refractivity contribution in [2.75, 3.05) is 6.54 Å². The average Bonchev–Trinajstić information content (AvgIpc) is 2.87. The summed E-state index contributed by atoms with van der Waals surface area (Å²) in [6, 6.07) is 1.11. The van der Waals surface area contributed by atoms with Gasteiger partial charge in [0.05, 0.1) is 6.04 Å². The van der Waals surface area contributed by atoms with Crippen LogP contribution in [0, 0.1) is 5.92 Å². The van der Waals surface area contributed by atoms with Gasteiger partial charge in [0, 0.05) is 12.6 Å². The molecule has 80 valence electrons. The fraction of sp³-hybridized carbons (Fsp3) is 0.909. The highest BCUT2D eigenvalue weighted by Gasteiger charge is 2.26. The summed E-state index contributed by atoms with van der Waals surface area (Å²) in [6.07, 6.45) is 4.98. The molecule has 2 aliphatic rings. The summed E-state index contributed by atoms with van der Waals surface area (Å²) in [6.45, 7) is 5.66. The number of hydrogen-bond donors (Lipinski definition) is 1. The fourth-order valence-corrected chi connectivity index (χ4v) is 2.21. The van der Waals surface area contributed by atoms with Gasteiger partial charge in [-0.1, -0.05) is 6.92 Å². The Morgan fingerprint density at radius 2 is 2.00 bits per heavy atom. The van der Waals surface area contributed by atoms with Gasteiger partial charge in [-0.2, -0.15) is 0 Å². The summed E-state index contributed by atoms with van der Waals surface area (Å²) in [7, 11) is 0. The monoisotopic (exact) mass is 195 g/mol. The molecule has 0 amide bonds. The second kappa shape index (κ2) is 3.79. The molecule has 1 saturated heterocycles. The van der Waals surface area contributed by atoms with E-state index in [2.05, 4.69) is 23.7 Å². The third-order valence-corrected chi connectivity index (χ3v) is 3.29. The molecule has 2 N–H and O–H groups in total. The molecular weight excluding hydrogens is 174 g/mol. The van der Waals surface area contributed by atoms with Crippen LogP contribution in [0.4, 0.5) is 0 Å². The Morgan fingerprint density at radius 3 is 2.57 bits per heavy atom. The number of piperidine rings is 1. The molecule has 3 nitrogen and oxygen atoms in total. The van der Waals surface area contributed by atoms with Crippen molar-refractivity contribution in [3.8, 4) is 0 Å². The lowest BCUT2D eigenvalue weighted by Gasteiger charge is -2.37. The van der Waals surface area contributed by atoms with Gasteiger partial charge in [-0.05, 0) is 38.5 Å². The second-order valence-corrected chi connectivity index (χ2v) is 4.89. The largest absolute Gasteiger partial charge is 0.370 e. The van der Waals surface area contributed by atoms with Crippen molar-refractivity contribution >= 4 is 5.96 Å². The van der Waals surface area contributed by atoms with E-state index in [1.54, 1.807) is 0 Å². The zero-order valence-electron chi connectivity index (χ0n) is 9.24. The van der Waals surface area contributed by atoms with Crippen molar-refractivity contribution in [1.82, 2.24) is 4.90 Å². The first kappa shape index (κ1) is 9.81. The molecule has 3 heteroatoms. The summed E-state index contributed by atoms with van der Waals surface area (Å²) in [5.74, 6) is 1.63. The predicted molar refractivity (Wildman–Crippen MR) is 59.2 cm³/mol. The lowest BCUT2D eigenvalue weighted by Crippen LogP contribution is -2.47. The average molecular weight is 195 g/mol. The second-order valence-electron chi connectivity index (χ2n) is 4.89. The van der Waals surface area contributed by atoms with Crippen molar-refractivity contribution < 1.29 is 0 Å². The zero-order valence-corrected chi connectivity index (χ0v) is 9.24. The van der Waals surface area contributed by atoms with E-state index in [1.165, 1.54) is 25.7 Å². The first-order chi connectivity index (χ1) is 6.66. The van der Waals surface area contributed by atoms with Gasteiger partial charge in [-0.3, -0.25) is 0 Å². The molecule has 2 fully saturated rings. The Kier molecular flexibility index (Phi) is 2.66. The number of rotatable bonds is 1. The molecule has 2 atom stereocenters. The minimum atomic E-state index is 0.543. The van der Waals surface area contributed by atoms with Gasteiger partial charge in [0.2, 0.25) is 0 Å². The Balaban J connectivity index is 1.95. The highest BCUT2D eigenvalue weighted by Crippen LogP contribution is 2.25.